The zero-order chi connectivity index (χ0) is 55.0. The lowest BCUT2D eigenvalue weighted by Crippen LogP contribution is -2.40. The molecule has 0 aliphatic carbocycles. The number of hydrogen-bond donors (Lipinski definition) is 1. The van der Waals surface area contributed by atoms with Crippen LogP contribution in [0.2, 0.25) is 0 Å². The van der Waals surface area contributed by atoms with Crippen LogP contribution < -0.4 is 5.32 Å². The number of carbonyl (C=O) groups is 2. The fourth-order valence-corrected chi connectivity index (χ4v) is 10.3. The Morgan fingerprint density at radius 1 is 0.632 bits per heavy atom. The Bertz CT molecular complexity index is 3200. The largest absolute Gasteiger partial charge is 0.433 e. The van der Waals surface area contributed by atoms with Crippen LogP contribution >= 0.6 is 23.1 Å². The molecule has 76 heavy (non-hydrogen) atoms. The van der Waals surface area contributed by atoms with E-state index in [-0.39, 0.29) is 66.6 Å². The number of rotatable bonds is 13. The summed E-state index contributed by atoms with van der Waals surface area (Å²) in [6.07, 6.45) is -5.63. The van der Waals surface area contributed by atoms with Crippen molar-refractivity contribution in [2.75, 3.05) is 13.1 Å². The van der Waals surface area contributed by atoms with Crippen molar-refractivity contribution in [2.45, 2.75) is 98.9 Å². The van der Waals surface area contributed by atoms with Gasteiger partial charge in [-0.1, -0.05) is 12.1 Å². The maximum Gasteiger partial charge on any atom is 0.433 e. The highest BCUT2D eigenvalue weighted by Gasteiger charge is 2.44. The quantitative estimate of drug-likeness (QED) is 0.0863. The number of Topliss-reactive ketones (excluding diaryl/α,β-unsaturated/α-hetero) is 2. The third kappa shape index (κ3) is 16.3. The average molecular weight is 1150 g/mol. The summed E-state index contributed by atoms with van der Waals surface area (Å²) in [7, 11) is -2.98. The number of ketones is 2. The number of sulfonamides is 1. The number of alkyl halides is 8. The lowest BCUT2D eigenvalue weighted by Gasteiger charge is -2.22. The van der Waals surface area contributed by atoms with E-state index in [0.717, 1.165) is 82.3 Å². The van der Waals surface area contributed by atoms with Crippen molar-refractivity contribution < 1.29 is 70.3 Å². The molecule has 4 atom stereocenters. The molecule has 0 unspecified atom stereocenters. The molecule has 0 amide bonds. The van der Waals surface area contributed by atoms with Gasteiger partial charge in [-0.25, -0.2) is 34.4 Å². The van der Waals surface area contributed by atoms with Crippen LogP contribution in [0.1, 0.15) is 59.6 Å². The number of carbonyl (C=O) groups excluding carboxylic acids is 2. The molecule has 26 heteroatoms. The number of nitrogens with zero attached hydrogens (tertiary/aromatic N) is 5. The summed E-state index contributed by atoms with van der Waals surface area (Å²) < 4.78 is 177. The van der Waals surface area contributed by atoms with E-state index >= 15 is 0 Å². The smallest absolute Gasteiger partial charge is 0.304 e. The van der Waals surface area contributed by atoms with E-state index in [1.165, 1.54) is 24.5 Å². The van der Waals surface area contributed by atoms with Gasteiger partial charge in [0.15, 0.2) is 5.78 Å². The molecule has 0 saturated carbocycles. The first kappa shape index (κ1) is 60.9. The van der Waals surface area contributed by atoms with Gasteiger partial charge >= 0.3 is 12.4 Å². The van der Waals surface area contributed by atoms with Crippen LogP contribution in [0.15, 0.2) is 120 Å². The van der Waals surface area contributed by atoms with Gasteiger partial charge < -0.3 is 5.32 Å². The van der Waals surface area contributed by atoms with Gasteiger partial charge in [-0.3, -0.25) is 29.5 Å². The molecule has 6 aromatic rings. The van der Waals surface area contributed by atoms with E-state index < -0.39 is 91.2 Å². The number of halogens is 12. The molecule has 6 heterocycles. The van der Waals surface area contributed by atoms with Crippen molar-refractivity contribution in [1.29, 1.82) is 0 Å². The Morgan fingerprint density at radius 2 is 1.08 bits per heavy atom. The van der Waals surface area contributed by atoms with Crippen molar-refractivity contribution in [3.8, 4) is 22.3 Å². The number of nitrogens with one attached hydrogen (secondary N) is 1. The topological polar surface area (TPSA) is 169 Å². The summed E-state index contributed by atoms with van der Waals surface area (Å²) in [6.45, 7) is 3.25. The summed E-state index contributed by atoms with van der Waals surface area (Å²) in [4.78, 5) is 40.3. The number of hydrogen-bond acceptors (Lipinski definition) is 11. The fraction of sp³-hybridized carbons (Fsp3) is 0.320. The molecule has 2 aliphatic rings. The zero-order valence-electron chi connectivity index (χ0n) is 39.9. The summed E-state index contributed by atoms with van der Waals surface area (Å²) in [5.74, 6) is -1.68. The second-order valence-electron chi connectivity index (χ2n) is 17.3. The van der Waals surface area contributed by atoms with Crippen molar-refractivity contribution >= 4 is 53.7 Å². The zero-order valence-corrected chi connectivity index (χ0v) is 43.1. The number of aryl methyl sites for hydroxylation is 4. The van der Waals surface area contributed by atoms with E-state index in [1.807, 2.05) is 0 Å². The SMILES string of the molecule is Cc1cnc(CCC(=O)[C@@H]2C[C@@H](F)CN2)cc1-c1ccc(C(F)(F)F)nc1.Cc1cnc(CCC(=O)[C@@H]2C[C@@H](F)CN2S(=O)(=O)c2ccc(F)cc2)cc1-c1ccc(C(F)(F)F)nc1.Cl.O=S(=O)(Cl)c1ccc(F)cc1. The first-order valence-electron chi connectivity index (χ1n) is 22.6. The minimum Gasteiger partial charge on any atom is -0.304 e. The number of pyridine rings is 4. The number of benzene rings is 2. The van der Waals surface area contributed by atoms with Crippen LogP contribution in [-0.4, -0.2) is 90.2 Å². The van der Waals surface area contributed by atoms with Crippen LogP contribution in [0.25, 0.3) is 22.3 Å². The van der Waals surface area contributed by atoms with Crippen molar-refractivity contribution in [3.63, 3.8) is 0 Å². The van der Waals surface area contributed by atoms with Crippen LogP contribution in [0.5, 0.6) is 0 Å². The lowest BCUT2D eigenvalue weighted by molar-refractivity contribution is -0.141. The van der Waals surface area contributed by atoms with E-state index in [1.54, 1.807) is 32.2 Å². The maximum absolute atomic E-state index is 14.2. The van der Waals surface area contributed by atoms with Crippen LogP contribution in [0.3, 0.4) is 0 Å². The first-order chi connectivity index (χ1) is 35.1. The predicted octanol–water partition coefficient (Wildman–Crippen LogP) is 10.8. The van der Waals surface area contributed by atoms with E-state index in [2.05, 4.69) is 25.3 Å². The molecule has 4 aromatic heterocycles. The second-order valence-corrected chi connectivity index (χ2v) is 21.8. The van der Waals surface area contributed by atoms with Gasteiger partial charge in [-0.15, -0.1) is 12.4 Å². The Labute approximate surface area is 441 Å². The standard InChI is InChI=1S/C25H22F5N3O3S.C19H19F4N3O.C6H4ClFO2S.ClH/c1-15-12-31-19(11-21(15)16-2-9-24(32-13-16)25(28,29)30)5-8-23(34)22-10-18(27)14-33(22)37(35,36)20-6-3-17(26)4-7-20;1-11-8-24-14(3-4-17(27)16-6-13(20)10-25-16)7-15(11)12-2-5-18(26-9-12)19(21,22)23;7-11(9,10)6-3-1-5(8)2-4-6;/h2-4,6-7,9,11-13,18,22H,5,8,10,14H2,1H3;2,5,7-9,13,16,25H,3-4,6,10H2,1H3;1-4H;1H/t18-,22+;13-,16+;;/m11../s1. The summed E-state index contributed by atoms with van der Waals surface area (Å²) in [5, 5.41) is 2.86. The van der Waals surface area contributed by atoms with Gasteiger partial charge in [0.05, 0.1) is 21.9 Å². The van der Waals surface area contributed by atoms with Gasteiger partial charge in [-0.05, 0) is 122 Å². The molecular weight excluding hydrogens is 1110 g/mol. The van der Waals surface area contributed by atoms with E-state index in [0.29, 0.717) is 40.1 Å². The molecule has 0 spiro atoms. The van der Waals surface area contributed by atoms with E-state index in [4.69, 9.17) is 10.7 Å². The summed E-state index contributed by atoms with van der Waals surface area (Å²) in [6, 6.07) is 14.6. The van der Waals surface area contributed by atoms with E-state index in [9.17, 15) is 70.3 Å². The molecular formula is C50H46Cl2F10N6O6S2. The molecule has 8 rings (SSSR count). The Morgan fingerprint density at radius 3 is 1.47 bits per heavy atom. The van der Waals surface area contributed by atoms with Crippen LogP contribution in [0.4, 0.5) is 43.9 Å². The molecule has 2 aromatic carbocycles. The third-order valence-electron chi connectivity index (χ3n) is 11.9. The van der Waals surface area contributed by atoms with Gasteiger partial charge in [0.25, 0.3) is 9.05 Å². The third-order valence-corrected chi connectivity index (χ3v) is 15.1. The van der Waals surface area contributed by atoms with Gasteiger partial charge in [0.1, 0.15) is 41.1 Å². The highest BCUT2D eigenvalue weighted by atomic mass is 35.7. The van der Waals surface area contributed by atoms with Crippen LogP contribution in [0, 0.1) is 25.5 Å². The highest BCUT2D eigenvalue weighted by Crippen LogP contribution is 2.33. The molecule has 0 bridgehead atoms. The van der Waals surface area contributed by atoms with Crippen LogP contribution in [-0.2, 0) is 53.9 Å². The molecule has 12 nitrogen and oxygen atoms in total. The maximum atomic E-state index is 14.2. The second kappa shape index (κ2) is 25.5. The molecule has 2 saturated heterocycles. The Kier molecular flexibility index (Phi) is 20.4. The molecule has 2 fully saturated rings. The molecule has 0 radical (unpaired) electrons. The molecule has 2 aliphatic heterocycles. The van der Waals surface area contributed by atoms with Gasteiger partial charge in [0, 0.05) is 96.8 Å². The monoisotopic (exact) mass is 1150 g/mol. The highest BCUT2D eigenvalue weighted by molar-refractivity contribution is 8.13. The minimum atomic E-state index is -4.56. The minimum absolute atomic E-state index is 0. The average Bonchev–Trinajstić information content (AvgIpc) is 3.99. The summed E-state index contributed by atoms with van der Waals surface area (Å²) >= 11 is 0. The summed E-state index contributed by atoms with van der Waals surface area (Å²) in [5.41, 5.74) is 2.92. The number of aromatic nitrogens is 4. The first-order valence-corrected chi connectivity index (χ1v) is 26.4. The molecule has 408 valence electrons. The van der Waals surface area contributed by atoms with Crippen molar-refractivity contribution in [1.82, 2.24) is 29.6 Å². The lowest BCUT2D eigenvalue weighted by atomic mass is 10.00. The normalized spacial score (nSPS) is 17.9. The Hall–Kier alpha value is -5.92. The van der Waals surface area contributed by atoms with Gasteiger partial charge in [-0.2, -0.15) is 30.6 Å². The molecule has 1 N–H and O–H groups in total. The van der Waals surface area contributed by atoms with Crippen molar-refractivity contribution in [3.05, 3.63) is 155 Å². The van der Waals surface area contributed by atoms with Crippen molar-refractivity contribution in [2.24, 2.45) is 0 Å². The predicted molar refractivity (Wildman–Crippen MR) is 263 cm³/mol. The van der Waals surface area contributed by atoms with Gasteiger partial charge in [0.2, 0.25) is 10.0 Å². The Balaban J connectivity index is 0.000000238. The fourth-order valence-electron chi connectivity index (χ4n) is 7.91.